The van der Waals surface area contributed by atoms with Gasteiger partial charge in [-0.15, -0.1) is 0 Å². The van der Waals surface area contributed by atoms with E-state index < -0.39 is 0 Å². The van der Waals surface area contributed by atoms with Crippen LogP contribution in [-0.4, -0.2) is 24.5 Å². The number of carbonyl (C=O) groups is 2. The van der Waals surface area contributed by atoms with Crippen molar-refractivity contribution in [3.05, 3.63) is 41.7 Å². The highest BCUT2D eigenvalue weighted by atomic mass is 16.5. The monoisotopic (exact) mass is 291 g/mol. The number of ether oxygens (including phenoxy) is 2. The van der Waals surface area contributed by atoms with Crippen molar-refractivity contribution in [3.8, 4) is 5.75 Å². The minimum Gasteiger partial charge on any atom is -0.462 e. The molecule has 5 heteroatoms. The van der Waals surface area contributed by atoms with E-state index in [1.54, 1.807) is 0 Å². The molecule has 1 aromatic rings. The zero-order chi connectivity index (χ0) is 15.9. The van der Waals surface area contributed by atoms with Gasteiger partial charge in [0.05, 0.1) is 6.54 Å². The van der Waals surface area contributed by atoms with Gasteiger partial charge in [-0.2, -0.15) is 0 Å². The van der Waals surface area contributed by atoms with Gasteiger partial charge in [0.15, 0.2) is 0 Å². The number of hydrogen-bond acceptors (Lipinski definition) is 4. The number of para-hydroxylation sites is 1. The Hall–Kier alpha value is -2.30. The molecule has 0 saturated heterocycles. The van der Waals surface area contributed by atoms with Gasteiger partial charge in [-0.25, -0.2) is 0 Å². The van der Waals surface area contributed by atoms with Crippen LogP contribution in [0, 0.1) is 6.92 Å². The smallest absolute Gasteiger partial charge is 0.293 e. The normalized spacial score (nSPS) is 13.5. The third kappa shape index (κ3) is 6.61. The van der Waals surface area contributed by atoms with E-state index >= 15 is 0 Å². The lowest BCUT2D eigenvalue weighted by molar-refractivity contribution is -0.138. The zero-order valence-corrected chi connectivity index (χ0v) is 12.8. The Bertz CT molecular complexity index is 529. The molecule has 1 amide bonds. The molecule has 0 spiro atoms. The third-order valence-electron chi connectivity index (χ3n) is 2.47. The molecular formula is C16H21NO4. The molecule has 0 fully saturated rings. The van der Waals surface area contributed by atoms with Crippen LogP contribution in [-0.2, 0) is 14.3 Å². The molecule has 2 rings (SSSR count). The van der Waals surface area contributed by atoms with Crippen molar-refractivity contribution in [2.45, 2.75) is 33.3 Å². The van der Waals surface area contributed by atoms with Gasteiger partial charge in [0.25, 0.3) is 6.47 Å². The highest BCUT2D eigenvalue weighted by molar-refractivity contribution is 5.90. The summed E-state index contributed by atoms with van der Waals surface area (Å²) in [4.78, 5) is 20.5. The van der Waals surface area contributed by atoms with E-state index in [4.69, 9.17) is 4.74 Å². The maximum atomic E-state index is 10.9. The molecule has 0 saturated carbocycles. The maximum absolute atomic E-state index is 10.9. The van der Waals surface area contributed by atoms with Crippen molar-refractivity contribution in [2.75, 3.05) is 6.54 Å². The Morgan fingerprint density at radius 1 is 1.24 bits per heavy atom. The summed E-state index contributed by atoms with van der Waals surface area (Å²) in [6.45, 7) is 8.37. The molecule has 21 heavy (non-hydrogen) atoms. The van der Waals surface area contributed by atoms with E-state index in [0.717, 1.165) is 11.3 Å². The molecular weight excluding hydrogens is 270 g/mol. The van der Waals surface area contributed by atoms with Gasteiger partial charge in [0, 0.05) is 6.08 Å². The molecule has 0 radical (unpaired) electrons. The molecule has 1 heterocycles. The summed E-state index contributed by atoms with van der Waals surface area (Å²) < 4.78 is 10.1. The van der Waals surface area contributed by atoms with Crippen molar-refractivity contribution in [3.63, 3.8) is 0 Å². The molecule has 1 aliphatic rings. The van der Waals surface area contributed by atoms with Crippen molar-refractivity contribution in [1.29, 1.82) is 0 Å². The summed E-state index contributed by atoms with van der Waals surface area (Å²) in [7, 11) is 0. The number of rotatable bonds is 3. The first kappa shape index (κ1) is 16.8. The van der Waals surface area contributed by atoms with E-state index in [0.29, 0.717) is 18.8 Å². The second kappa shape index (κ2) is 7.47. The van der Waals surface area contributed by atoms with Crippen molar-refractivity contribution >= 4 is 12.4 Å². The summed E-state index contributed by atoms with van der Waals surface area (Å²) in [5.41, 5.74) is 0.745. The second-order valence-electron chi connectivity index (χ2n) is 5.52. The topological polar surface area (TPSA) is 64.6 Å². The molecule has 1 aromatic carbocycles. The minimum atomic E-state index is -0.318. The predicted molar refractivity (Wildman–Crippen MR) is 79.8 cm³/mol. The van der Waals surface area contributed by atoms with Crippen molar-refractivity contribution in [1.82, 2.24) is 5.32 Å². The standard InChI is InChI=1S/C11H11NO2.C5H10O2/c1-8-4-2-3-5-10(8)14-9-6-11(13)12-7-9;1-5(2,3)7-4-6/h2-6H,7H2,1H3,(H,12,13);4H,1-3H3. The summed E-state index contributed by atoms with van der Waals surface area (Å²) in [5, 5.41) is 2.65. The first-order valence-electron chi connectivity index (χ1n) is 6.65. The number of amides is 1. The van der Waals surface area contributed by atoms with Crippen LogP contribution in [0.4, 0.5) is 0 Å². The van der Waals surface area contributed by atoms with Crippen molar-refractivity contribution in [2.24, 2.45) is 0 Å². The molecule has 114 valence electrons. The quantitative estimate of drug-likeness (QED) is 0.868. The van der Waals surface area contributed by atoms with E-state index in [9.17, 15) is 9.59 Å². The zero-order valence-electron chi connectivity index (χ0n) is 12.8. The number of hydrogen-bond donors (Lipinski definition) is 1. The van der Waals surface area contributed by atoms with E-state index in [1.807, 2.05) is 52.0 Å². The highest BCUT2D eigenvalue weighted by Gasteiger charge is 2.12. The van der Waals surface area contributed by atoms with Gasteiger partial charge < -0.3 is 14.8 Å². The van der Waals surface area contributed by atoms with E-state index in [1.165, 1.54) is 6.08 Å². The lowest BCUT2D eigenvalue weighted by Crippen LogP contribution is -2.17. The molecule has 1 N–H and O–H groups in total. The van der Waals surface area contributed by atoms with Gasteiger partial charge in [-0.1, -0.05) is 18.2 Å². The van der Waals surface area contributed by atoms with E-state index in [-0.39, 0.29) is 11.5 Å². The third-order valence-corrected chi connectivity index (χ3v) is 2.47. The average Bonchev–Trinajstić information content (AvgIpc) is 2.77. The van der Waals surface area contributed by atoms with Crippen LogP contribution in [0.1, 0.15) is 26.3 Å². The largest absolute Gasteiger partial charge is 0.462 e. The number of carbonyl (C=O) groups excluding carboxylic acids is 2. The molecule has 0 aromatic heterocycles. The summed E-state index contributed by atoms with van der Waals surface area (Å²) in [5.74, 6) is 1.38. The van der Waals surface area contributed by atoms with Gasteiger partial charge >= 0.3 is 0 Å². The van der Waals surface area contributed by atoms with Crippen molar-refractivity contribution < 1.29 is 19.1 Å². The fourth-order valence-corrected chi connectivity index (χ4v) is 1.44. The maximum Gasteiger partial charge on any atom is 0.293 e. The summed E-state index contributed by atoms with van der Waals surface area (Å²) in [6, 6.07) is 7.72. The molecule has 0 unspecified atom stereocenters. The van der Waals surface area contributed by atoms with E-state index in [2.05, 4.69) is 10.1 Å². The van der Waals surface area contributed by atoms with Gasteiger partial charge in [-0.3, -0.25) is 9.59 Å². The SMILES string of the molecule is CC(C)(C)OC=O.Cc1ccccc1OC1=CC(=O)NC1. The van der Waals surface area contributed by atoms with Crippen LogP contribution < -0.4 is 10.1 Å². The Balaban J connectivity index is 0.000000270. The van der Waals surface area contributed by atoms with Crippen LogP contribution in [0.3, 0.4) is 0 Å². The van der Waals surface area contributed by atoms with Gasteiger partial charge in [0.1, 0.15) is 17.1 Å². The van der Waals surface area contributed by atoms with Crippen LogP contribution in [0.15, 0.2) is 36.1 Å². The Kier molecular flexibility index (Phi) is 5.96. The average molecular weight is 291 g/mol. The molecule has 5 nitrogen and oxygen atoms in total. The fraction of sp³-hybridized carbons (Fsp3) is 0.375. The second-order valence-corrected chi connectivity index (χ2v) is 5.52. The number of nitrogens with one attached hydrogen (secondary N) is 1. The number of benzene rings is 1. The minimum absolute atomic E-state index is 0.0893. The highest BCUT2D eigenvalue weighted by Crippen LogP contribution is 2.19. The molecule has 0 bridgehead atoms. The van der Waals surface area contributed by atoms with Gasteiger partial charge in [0.2, 0.25) is 5.91 Å². The summed E-state index contributed by atoms with van der Waals surface area (Å²) in [6.07, 6.45) is 1.48. The van der Waals surface area contributed by atoms with Crippen LogP contribution in [0.2, 0.25) is 0 Å². The Morgan fingerprint density at radius 3 is 2.33 bits per heavy atom. The first-order chi connectivity index (χ1) is 9.81. The molecule has 1 aliphatic heterocycles. The Labute approximate surface area is 124 Å². The Morgan fingerprint density at radius 2 is 1.90 bits per heavy atom. The molecule has 0 atom stereocenters. The summed E-state index contributed by atoms with van der Waals surface area (Å²) >= 11 is 0. The fourth-order valence-electron chi connectivity index (χ4n) is 1.44. The van der Waals surface area contributed by atoms with Gasteiger partial charge in [-0.05, 0) is 39.3 Å². The lowest BCUT2D eigenvalue weighted by atomic mass is 10.2. The number of aryl methyl sites for hydroxylation is 1. The van der Waals surface area contributed by atoms with Crippen LogP contribution in [0.5, 0.6) is 5.75 Å². The van der Waals surface area contributed by atoms with Crippen LogP contribution in [0.25, 0.3) is 0 Å². The lowest BCUT2D eigenvalue weighted by Gasteiger charge is -2.14. The predicted octanol–water partition coefficient (Wildman–Crippen LogP) is 2.35. The van der Waals surface area contributed by atoms with Crippen LogP contribution >= 0.6 is 0 Å². The first-order valence-corrected chi connectivity index (χ1v) is 6.65. The molecule has 0 aliphatic carbocycles.